The second-order valence-corrected chi connectivity index (χ2v) is 6.79. The molecule has 7 heteroatoms. The Morgan fingerprint density at radius 2 is 1.88 bits per heavy atom. The summed E-state index contributed by atoms with van der Waals surface area (Å²) < 4.78 is 5.59. The van der Waals surface area contributed by atoms with E-state index in [-0.39, 0.29) is 24.7 Å². The molecular formula is C19H27BrN2O4. The zero-order valence-electron chi connectivity index (χ0n) is 15.6. The van der Waals surface area contributed by atoms with Crippen LogP contribution in [-0.4, -0.2) is 42.9 Å². The van der Waals surface area contributed by atoms with Gasteiger partial charge < -0.3 is 15.0 Å². The number of nitrogens with one attached hydrogen (secondary N) is 1. The maximum atomic E-state index is 12.3. The van der Waals surface area contributed by atoms with Crippen LogP contribution in [0.25, 0.3) is 0 Å². The van der Waals surface area contributed by atoms with Crippen molar-refractivity contribution >= 4 is 33.7 Å². The number of ether oxygens (including phenoxy) is 1. The molecule has 144 valence electrons. The summed E-state index contributed by atoms with van der Waals surface area (Å²) in [6.45, 7) is 5.21. The zero-order valence-corrected chi connectivity index (χ0v) is 17.2. The number of benzene rings is 1. The van der Waals surface area contributed by atoms with Gasteiger partial charge in [-0.25, -0.2) is 0 Å². The van der Waals surface area contributed by atoms with Crippen molar-refractivity contribution in [2.24, 2.45) is 0 Å². The van der Waals surface area contributed by atoms with E-state index in [0.29, 0.717) is 25.9 Å². The minimum Gasteiger partial charge on any atom is -0.469 e. The quantitative estimate of drug-likeness (QED) is 0.582. The topological polar surface area (TPSA) is 75.7 Å². The summed E-state index contributed by atoms with van der Waals surface area (Å²) in [4.78, 5) is 37.7. The molecule has 0 spiro atoms. The van der Waals surface area contributed by atoms with Crippen molar-refractivity contribution in [2.45, 2.75) is 45.6 Å². The highest BCUT2D eigenvalue weighted by atomic mass is 79.9. The highest BCUT2D eigenvalue weighted by Gasteiger charge is 2.19. The Kier molecular flexibility index (Phi) is 9.95. The van der Waals surface area contributed by atoms with Crippen LogP contribution >= 0.6 is 15.9 Å². The summed E-state index contributed by atoms with van der Waals surface area (Å²) in [7, 11) is 1.32. The Labute approximate surface area is 163 Å². The number of halogens is 1. The lowest BCUT2D eigenvalue weighted by Gasteiger charge is -2.20. The summed E-state index contributed by atoms with van der Waals surface area (Å²) in [6.07, 6.45) is 1.11. The van der Waals surface area contributed by atoms with E-state index in [1.54, 1.807) is 4.90 Å². The SMILES string of the molecule is CCN(CC)C(=O)CCCC(=O)NC(CC(=O)OC)c1cccc(Br)c1. The van der Waals surface area contributed by atoms with Crippen molar-refractivity contribution in [1.29, 1.82) is 0 Å². The highest BCUT2D eigenvalue weighted by molar-refractivity contribution is 9.10. The third-order valence-corrected chi connectivity index (χ3v) is 4.59. The minimum absolute atomic E-state index is 0.0526. The Morgan fingerprint density at radius 1 is 1.19 bits per heavy atom. The molecule has 0 aliphatic rings. The molecule has 0 saturated heterocycles. The van der Waals surface area contributed by atoms with Gasteiger partial charge in [-0.05, 0) is 38.0 Å². The fraction of sp³-hybridized carbons (Fsp3) is 0.526. The lowest BCUT2D eigenvalue weighted by Crippen LogP contribution is -2.32. The van der Waals surface area contributed by atoms with Gasteiger partial charge in [0.25, 0.3) is 0 Å². The molecule has 0 heterocycles. The first kappa shape index (κ1) is 22.2. The van der Waals surface area contributed by atoms with E-state index in [9.17, 15) is 14.4 Å². The fourth-order valence-corrected chi connectivity index (χ4v) is 3.04. The summed E-state index contributed by atoms with van der Waals surface area (Å²) in [6, 6.07) is 6.96. The average Bonchev–Trinajstić information content (AvgIpc) is 2.62. The normalized spacial score (nSPS) is 11.5. The van der Waals surface area contributed by atoms with Crippen molar-refractivity contribution in [3.63, 3.8) is 0 Å². The average molecular weight is 427 g/mol. The van der Waals surface area contributed by atoms with Crippen molar-refractivity contribution < 1.29 is 19.1 Å². The van der Waals surface area contributed by atoms with Crippen LogP contribution in [0.3, 0.4) is 0 Å². The predicted octanol–water partition coefficient (Wildman–Crippen LogP) is 3.21. The van der Waals surface area contributed by atoms with Gasteiger partial charge in [0, 0.05) is 30.4 Å². The van der Waals surface area contributed by atoms with E-state index in [1.807, 2.05) is 38.1 Å². The van der Waals surface area contributed by atoms with E-state index < -0.39 is 12.0 Å². The summed E-state index contributed by atoms with van der Waals surface area (Å²) in [5, 5.41) is 2.87. The van der Waals surface area contributed by atoms with E-state index in [2.05, 4.69) is 21.2 Å². The Morgan fingerprint density at radius 3 is 2.46 bits per heavy atom. The molecule has 1 aromatic rings. The van der Waals surface area contributed by atoms with Gasteiger partial charge in [0.15, 0.2) is 0 Å². The molecule has 0 fully saturated rings. The maximum absolute atomic E-state index is 12.3. The fourth-order valence-electron chi connectivity index (χ4n) is 2.63. The van der Waals surface area contributed by atoms with E-state index in [4.69, 9.17) is 4.74 Å². The Bertz CT molecular complexity index is 617. The molecule has 1 unspecified atom stereocenters. The Balaban J connectivity index is 2.62. The van der Waals surface area contributed by atoms with Gasteiger partial charge in [-0.3, -0.25) is 14.4 Å². The third kappa shape index (κ3) is 7.56. The number of amides is 2. The number of methoxy groups -OCH3 is 1. The van der Waals surface area contributed by atoms with Crippen LogP contribution in [0.1, 0.15) is 51.1 Å². The smallest absolute Gasteiger partial charge is 0.307 e. The largest absolute Gasteiger partial charge is 0.469 e. The predicted molar refractivity (Wildman–Crippen MR) is 103 cm³/mol. The van der Waals surface area contributed by atoms with Crippen molar-refractivity contribution in [3.05, 3.63) is 34.3 Å². The highest BCUT2D eigenvalue weighted by Crippen LogP contribution is 2.21. The molecule has 1 N–H and O–H groups in total. The van der Waals surface area contributed by atoms with Crippen LogP contribution in [0.4, 0.5) is 0 Å². The van der Waals surface area contributed by atoms with E-state index >= 15 is 0 Å². The molecule has 2 amide bonds. The third-order valence-electron chi connectivity index (χ3n) is 4.10. The number of carbonyl (C=O) groups excluding carboxylic acids is 3. The summed E-state index contributed by atoms with van der Waals surface area (Å²) >= 11 is 3.39. The van der Waals surface area contributed by atoms with Gasteiger partial charge in [-0.2, -0.15) is 0 Å². The Hall–Kier alpha value is -1.89. The molecule has 6 nitrogen and oxygen atoms in total. The minimum atomic E-state index is -0.467. The van der Waals surface area contributed by atoms with Gasteiger partial charge >= 0.3 is 5.97 Å². The molecule has 1 rings (SSSR count). The molecule has 0 aliphatic carbocycles. The standard InChI is InChI=1S/C19H27BrN2O4/c1-4-22(5-2)18(24)11-7-10-17(23)21-16(13-19(25)26-3)14-8-6-9-15(20)12-14/h6,8-9,12,16H,4-5,7,10-11,13H2,1-3H3,(H,21,23). The van der Waals surface area contributed by atoms with Gasteiger partial charge in [-0.15, -0.1) is 0 Å². The molecule has 0 bridgehead atoms. The van der Waals surface area contributed by atoms with Crippen LogP contribution in [0.15, 0.2) is 28.7 Å². The lowest BCUT2D eigenvalue weighted by atomic mass is 10.0. The second-order valence-electron chi connectivity index (χ2n) is 5.87. The van der Waals surface area contributed by atoms with Gasteiger partial charge in [0.2, 0.25) is 11.8 Å². The van der Waals surface area contributed by atoms with Crippen LogP contribution in [-0.2, 0) is 19.1 Å². The number of nitrogens with zero attached hydrogens (tertiary/aromatic N) is 1. The van der Waals surface area contributed by atoms with Crippen LogP contribution in [0.2, 0.25) is 0 Å². The number of carbonyl (C=O) groups is 3. The first-order valence-corrected chi connectivity index (χ1v) is 9.59. The molecule has 0 aromatic heterocycles. The first-order valence-electron chi connectivity index (χ1n) is 8.80. The molecule has 1 aromatic carbocycles. The molecule has 0 saturated carbocycles. The maximum Gasteiger partial charge on any atom is 0.307 e. The monoisotopic (exact) mass is 426 g/mol. The van der Waals surface area contributed by atoms with Crippen LogP contribution in [0, 0.1) is 0 Å². The number of esters is 1. The number of hydrogen-bond acceptors (Lipinski definition) is 4. The van der Waals surface area contributed by atoms with Crippen LogP contribution < -0.4 is 5.32 Å². The summed E-state index contributed by atoms with van der Waals surface area (Å²) in [5.41, 5.74) is 0.817. The number of rotatable bonds is 10. The van der Waals surface area contributed by atoms with Crippen molar-refractivity contribution in [3.8, 4) is 0 Å². The number of hydrogen-bond donors (Lipinski definition) is 1. The van der Waals surface area contributed by atoms with Crippen molar-refractivity contribution in [2.75, 3.05) is 20.2 Å². The molecule has 0 radical (unpaired) electrons. The molecule has 0 aliphatic heterocycles. The van der Waals surface area contributed by atoms with E-state index in [1.165, 1.54) is 7.11 Å². The zero-order chi connectivity index (χ0) is 19.5. The van der Waals surface area contributed by atoms with Crippen molar-refractivity contribution in [1.82, 2.24) is 10.2 Å². The summed E-state index contributed by atoms with van der Waals surface area (Å²) in [5.74, 6) is -0.529. The molecule has 26 heavy (non-hydrogen) atoms. The first-order chi connectivity index (χ1) is 12.4. The lowest BCUT2D eigenvalue weighted by molar-refractivity contribution is -0.141. The van der Waals surface area contributed by atoms with Gasteiger partial charge in [0.05, 0.1) is 19.6 Å². The molecular weight excluding hydrogens is 400 g/mol. The second kappa shape index (κ2) is 11.7. The van der Waals surface area contributed by atoms with Crippen LogP contribution in [0.5, 0.6) is 0 Å². The van der Waals surface area contributed by atoms with Gasteiger partial charge in [-0.1, -0.05) is 28.1 Å². The van der Waals surface area contributed by atoms with Gasteiger partial charge in [0.1, 0.15) is 0 Å². The van der Waals surface area contributed by atoms with E-state index in [0.717, 1.165) is 10.0 Å². The molecule has 1 atom stereocenters.